The minimum Gasteiger partial charge on any atom is -0.457 e. The van der Waals surface area contributed by atoms with Crippen molar-refractivity contribution in [3.05, 3.63) is 35.4 Å². The number of carbonyl (C=O) groups is 1. The highest BCUT2D eigenvalue weighted by molar-refractivity contribution is 5.71. The van der Waals surface area contributed by atoms with E-state index in [0.29, 0.717) is 6.42 Å². The first-order chi connectivity index (χ1) is 6.27. The molecule has 68 valence electrons. The van der Waals surface area contributed by atoms with E-state index < -0.39 is 0 Å². The van der Waals surface area contributed by atoms with Crippen molar-refractivity contribution in [2.45, 2.75) is 25.9 Å². The molecule has 13 heavy (non-hydrogen) atoms. The minimum absolute atomic E-state index is 0.00583. The van der Waals surface area contributed by atoms with Crippen molar-refractivity contribution in [1.82, 2.24) is 0 Å². The SMILES string of the molecule is Cc1ccccc1[C@H]1CCC(=O)O1. The van der Waals surface area contributed by atoms with Crippen molar-refractivity contribution < 1.29 is 9.53 Å². The van der Waals surface area contributed by atoms with Gasteiger partial charge in [-0.15, -0.1) is 0 Å². The topological polar surface area (TPSA) is 26.3 Å². The van der Waals surface area contributed by atoms with Crippen LogP contribution in [0.2, 0.25) is 0 Å². The van der Waals surface area contributed by atoms with Crippen molar-refractivity contribution in [3.8, 4) is 0 Å². The number of esters is 1. The van der Waals surface area contributed by atoms with E-state index in [1.807, 2.05) is 31.2 Å². The highest BCUT2D eigenvalue weighted by Gasteiger charge is 2.25. The van der Waals surface area contributed by atoms with Crippen LogP contribution in [0.3, 0.4) is 0 Å². The highest BCUT2D eigenvalue weighted by Crippen LogP contribution is 2.30. The number of hydrogen-bond donors (Lipinski definition) is 0. The van der Waals surface area contributed by atoms with Crippen LogP contribution in [0.5, 0.6) is 0 Å². The fourth-order valence-electron chi connectivity index (χ4n) is 1.69. The zero-order valence-electron chi connectivity index (χ0n) is 7.62. The molecule has 1 aromatic rings. The van der Waals surface area contributed by atoms with E-state index in [-0.39, 0.29) is 12.1 Å². The number of hydrogen-bond acceptors (Lipinski definition) is 2. The number of aryl methyl sites for hydroxylation is 1. The average Bonchev–Trinajstić information content (AvgIpc) is 2.53. The van der Waals surface area contributed by atoms with Crippen molar-refractivity contribution in [2.75, 3.05) is 0 Å². The molecule has 1 atom stereocenters. The van der Waals surface area contributed by atoms with Crippen LogP contribution >= 0.6 is 0 Å². The lowest BCUT2D eigenvalue weighted by molar-refractivity contribution is -0.141. The Balaban J connectivity index is 2.26. The number of cyclic esters (lactones) is 1. The van der Waals surface area contributed by atoms with Crippen molar-refractivity contribution in [1.29, 1.82) is 0 Å². The molecule has 0 bridgehead atoms. The maximum Gasteiger partial charge on any atom is 0.306 e. The summed E-state index contributed by atoms with van der Waals surface area (Å²) in [4.78, 5) is 10.9. The third kappa shape index (κ3) is 1.57. The Morgan fingerprint density at radius 1 is 1.38 bits per heavy atom. The van der Waals surface area contributed by atoms with Gasteiger partial charge in [0, 0.05) is 6.42 Å². The monoisotopic (exact) mass is 176 g/mol. The van der Waals surface area contributed by atoms with E-state index in [9.17, 15) is 4.79 Å². The van der Waals surface area contributed by atoms with Crippen LogP contribution < -0.4 is 0 Å². The molecule has 1 heterocycles. The first kappa shape index (κ1) is 8.30. The Morgan fingerprint density at radius 2 is 2.15 bits per heavy atom. The number of carbonyl (C=O) groups excluding carboxylic acids is 1. The molecule has 1 aliphatic heterocycles. The Bertz CT molecular complexity index is 331. The van der Waals surface area contributed by atoms with E-state index >= 15 is 0 Å². The van der Waals surface area contributed by atoms with Gasteiger partial charge in [-0.2, -0.15) is 0 Å². The maximum atomic E-state index is 10.9. The fourth-order valence-corrected chi connectivity index (χ4v) is 1.69. The van der Waals surface area contributed by atoms with Crippen molar-refractivity contribution in [3.63, 3.8) is 0 Å². The first-order valence-electron chi connectivity index (χ1n) is 4.52. The second-order valence-electron chi connectivity index (χ2n) is 3.37. The van der Waals surface area contributed by atoms with Crippen LogP contribution in [0, 0.1) is 6.92 Å². The molecule has 2 rings (SSSR count). The quantitative estimate of drug-likeness (QED) is 0.614. The molecule has 1 fully saturated rings. The Labute approximate surface area is 77.5 Å². The fraction of sp³-hybridized carbons (Fsp3) is 0.364. The molecule has 0 aromatic heterocycles. The Morgan fingerprint density at radius 3 is 2.77 bits per heavy atom. The molecule has 0 aliphatic carbocycles. The van der Waals surface area contributed by atoms with Crippen LogP contribution in [-0.2, 0) is 9.53 Å². The van der Waals surface area contributed by atoms with Crippen molar-refractivity contribution in [2.24, 2.45) is 0 Å². The molecule has 0 amide bonds. The predicted molar refractivity (Wildman–Crippen MR) is 49.2 cm³/mol. The summed E-state index contributed by atoms with van der Waals surface area (Å²) in [5, 5.41) is 0. The van der Waals surface area contributed by atoms with Crippen LogP contribution in [0.1, 0.15) is 30.1 Å². The average molecular weight is 176 g/mol. The summed E-state index contributed by atoms with van der Waals surface area (Å²) in [7, 11) is 0. The smallest absolute Gasteiger partial charge is 0.306 e. The lowest BCUT2D eigenvalue weighted by Gasteiger charge is -2.11. The van der Waals surface area contributed by atoms with Gasteiger partial charge in [-0.05, 0) is 24.5 Å². The molecule has 1 aliphatic rings. The molecule has 0 unspecified atom stereocenters. The third-order valence-corrected chi connectivity index (χ3v) is 2.42. The molecule has 0 saturated carbocycles. The second-order valence-corrected chi connectivity index (χ2v) is 3.37. The zero-order chi connectivity index (χ0) is 9.26. The number of rotatable bonds is 1. The second kappa shape index (κ2) is 3.21. The number of ether oxygens (including phenoxy) is 1. The minimum atomic E-state index is -0.0757. The van der Waals surface area contributed by atoms with E-state index in [4.69, 9.17) is 4.74 Å². The van der Waals surface area contributed by atoms with Crippen molar-refractivity contribution >= 4 is 5.97 Å². The molecule has 1 aromatic carbocycles. The van der Waals surface area contributed by atoms with Gasteiger partial charge in [0.05, 0.1) is 0 Å². The largest absolute Gasteiger partial charge is 0.457 e. The summed E-state index contributed by atoms with van der Waals surface area (Å²) in [5.41, 5.74) is 2.34. The molecule has 1 saturated heterocycles. The molecule has 2 heteroatoms. The molecular weight excluding hydrogens is 164 g/mol. The summed E-state index contributed by atoms with van der Waals surface area (Å²) in [6, 6.07) is 8.05. The first-order valence-corrected chi connectivity index (χ1v) is 4.52. The van der Waals surface area contributed by atoms with Gasteiger partial charge in [0.1, 0.15) is 6.10 Å². The summed E-state index contributed by atoms with van der Waals surface area (Å²) in [6.45, 7) is 2.04. The standard InChI is InChI=1S/C11H12O2/c1-8-4-2-3-5-9(8)10-6-7-11(12)13-10/h2-5,10H,6-7H2,1H3/t10-/m1/s1. The van der Waals surface area contributed by atoms with Gasteiger partial charge >= 0.3 is 5.97 Å². The summed E-state index contributed by atoms with van der Waals surface area (Å²) in [5.74, 6) is -0.0757. The Kier molecular flexibility index (Phi) is 2.05. The molecule has 2 nitrogen and oxygen atoms in total. The molecule has 0 spiro atoms. The van der Waals surface area contributed by atoms with Gasteiger partial charge in [-0.25, -0.2) is 0 Å². The van der Waals surface area contributed by atoms with Crippen LogP contribution in [0.25, 0.3) is 0 Å². The summed E-state index contributed by atoms with van der Waals surface area (Å²) < 4.78 is 5.19. The van der Waals surface area contributed by atoms with Gasteiger partial charge < -0.3 is 4.74 Å². The highest BCUT2D eigenvalue weighted by atomic mass is 16.5. The van der Waals surface area contributed by atoms with E-state index in [2.05, 4.69) is 0 Å². The van der Waals surface area contributed by atoms with Gasteiger partial charge in [0.15, 0.2) is 0 Å². The summed E-state index contributed by atoms with van der Waals surface area (Å²) >= 11 is 0. The van der Waals surface area contributed by atoms with Gasteiger partial charge in [-0.3, -0.25) is 4.79 Å². The lowest BCUT2D eigenvalue weighted by Crippen LogP contribution is -2.00. The van der Waals surface area contributed by atoms with Crippen LogP contribution in [0.4, 0.5) is 0 Å². The van der Waals surface area contributed by atoms with Gasteiger partial charge in [0.25, 0.3) is 0 Å². The van der Waals surface area contributed by atoms with Gasteiger partial charge in [-0.1, -0.05) is 24.3 Å². The van der Waals surface area contributed by atoms with E-state index in [0.717, 1.165) is 12.0 Å². The van der Waals surface area contributed by atoms with Gasteiger partial charge in [0.2, 0.25) is 0 Å². The summed E-state index contributed by atoms with van der Waals surface area (Å²) in [6.07, 6.45) is 1.37. The predicted octanol–water partition coefficient (Wildman–Crippen LogP) is 2.37. The Hall–Kier alpha value is -1.31. The normalized spacial score (nSPS) is 21.6. The molecular formula is C11H12O2. The molecule has 0 N–H and O–H groups in total. The number of benzene rings is 1. The zero-order valence-corrected chi connectivity index (χ0v) is 7.62. The van der Waals surface area contributed by atoms with Crippen LogP contribution in [0.15, 0.2) is 24.3 Å². The van der Waals surface area contributed by atoms with Crippen LogP contribution in [-0.4, -0.2) is 5.97 Å². The maximum absolute atomic E-state index is 10.9. The third-order valence-electron chi connectivity index (χ3n) is 2.42. The van der Waals surface area contributed by atoms with E-state index in [1.165, 1.54) is 5.56 Å². The molecule has 0 radical (unpaired) electrons. The lowest BCUT2D eigenvalue weighted by atomic mass is 10.0. The van der Waals surface area contributed by atoms with E-state index in [1.54, 1.807) is 0 Å².